The van der Waals surface area contributed by atoms with Crippen molar-refractivity contribution in [3.8, 4) is 0 Å². The minimum atomic E-state index is -4.73. The second-order valence-corrected chi connectivity index (χ2v) is 13.3. The van der Waals surface area contributed by atoms with Gasteiger partial charge in [-0.2, -0.15) is 18.3 Å². The predicted octanol–water partition coefficient (Wildman–Crippen LogP) is 5.89. The molecule has 0 radical (unpaired) electrons. The van der Waals surface area contributed by atoms with Crippen molar-refractivity contribution in [1.82, 2.24) is 30.3 Å². The average molecular weight is 647 g/mol. The van der Waals surface area contributed by atoms with E-state index in [9.17, 15) is 23.1 Å². The number of nitrogens with one attached hydrogen (secondary N) is 2. The standard InChI is InChI=1S/C34H46F4N6O2/c1-7-27-28(22(3)41-30-13-15-43(20-29(30)35)25-11-8-12-26(45)17-25)16-24(42-31(27)21(2)34(36,37)38)10-9-14-39-32(46)23-18-40-44(19-23)33(4,5)6/h7,16,18-19,25-26,29-30,41,45H,1-3,8-15,17,20H2,4-6H3,(H,39,46). The highest BCUT2D eigenvalue weighted by Gasteiger charge is 2.37. The zero-order chi connectivity index (χ0) is 33.8. The molecule has 4 rings (SSSR count). The van der Waals surface area contributed by atoms with Crippen molar-refractivity contribution in [1.29, 1.82) is 0 Å². The number of pyridine rings is 1. The van der Waals surface area contributed by atoms with E-state index in [1.807, 2.05) is 20.8 Å². The summed E-state index contributed by atoms with van der Waals surface area (Å²) in [6, 6.07) is 1.20. The lowest BCUT2D eigenvalue weighted by atomic mass is 9.89. The number of carbonyl (C=O) groups excluding carboxylic acids is 1. The van der Waals surface area contributed by atoms with Crippen LogP contribution in [0.3, 0.4) is 0 Å². The summed E-state index contributed by atoms with van der Waals surface area (Å²) >= 11 is 0. The summed E-state index contributed by atoms with van der Waals surface area (Å²) in [5, 5.41) is 20.3. The number of rotatable bonds is 11. The zero-order valence-electron chi connectivity index (χ0n) is 27.0. The molecule has 1 amide bonds. The van der Waals surface area contributed by atoms with Gasteiger partial charge in [-0.05, 0) is 71.8 Å². The topological polar surface area (TPSA) is 95.3 Å². The molecule has 46 heavy (non-hydrogen) atoms. The minimum Gasteiger partial charge on any atom is -0.393 e. The van der Waals surface area contributed by atoms with Gasteiger partial charge < -0.3 is 15.7 Å². The third-order valence-corrected chi connectivity index (χ3v) is 8.76. The summed E-state index contributed by atoms with van der Waals surface area (Å²) in [5.41, 5.74) is -0.286. The van der Waals surface area contributed by atoms with Gasteiger partial charge in [0.15, 0.2) is 0 Å². The number of hydrogen-bond donors (Lipinski definition) is 3. The molecule has 1 aliphatic heterocycles. The second kappa shape index (κ2) is 14.5. The number of amides is 1. The van der Waals surface area contributed by atoms with Crippen molar-refractivity contribution in [2.75, 3.05) is 19.6 Å². The Morgan fingerprint density at radius 3 is 2.54 bits per heavy atom. The molecule has 1 saturated carbocycles. The Morgan fingerprint density at radius 1 is 1.20 bits per heavy atom. The van der Waals surface area contributed by atoms with Crippen LogP contribution in [0.1, 0.15) is 92.2 Å². The molecule has 0 bridgehead atoms. The van der Waals surface area contributed by atoms with Gasteiger partial charge in [0.25, 0.3) is 5.91 Å². The lowest BCUT2D eigenvalue weighted by Gasteiger charge is -2.42. The Hall–Kier alpha value is -3.51. The number of aromatic nitrogens is 3. The average Bonchev–Trinajstić information content (AvgIpc) is 3.50. The first-order valence-electron chi connectivity index (χ1n) is 15.9. The maximum absolute atomic E-state index is 15.5. The van der Waals surface area contributed by atoms with Gasteiger partial charge in [-0.25, -0.2) is 4.39 Å². The lowest BCUT2D eigenvalue weighted by molar-refractivity contribution is -0.0689. The number of allylic oxidation sites excluding steroid dienone is 1. The Morgan fingerprint density at radius 2 is 1.93 bits per heavy atom. The highest BCUT2D eigenvalue weighted by atomic mass is 19.4. The number of likely N-dealkylation sites (tertiary alicyclic amines) is 1. The van der Waals surface area contributed by atoms with Crippen LogP contribution in [0.4, 0.5) is 17.6 Å². The van der Waals surface area contributed by atoms with Crippen LogP contribution in [-0.2, 0) is 12.0 Å². The van der Waals surface area contributed by atoms with Crippen LogP contribution in [0.25, 0.3) is 17.3 Å². The van der Waals surface area contributed by atoms with Crippen molar-refractivity contribution in [2.45, 2.75) is 102 Å². The molecule has 1 aliphatic carbocycles. The van der Waals surface area contributed by atoms with Crippen LogP contribution in [0.15, 0.2) is 38.2 Å². The summed E-state index contributed by atoms with van der Waals surface area (Å²) in [6.45, 7) is 18.1. The monoisotopic (exact) mass is 646 g/mol. The molecule has 4 unspecified atom stereocenters. The fraction of sp³-hybridized carbons (Fsp3) is 0.559. The maximum atomic E-state index is 15.5. The quantitative estimate of drug-likeness (QED) is 0.208. The van der Waals surface area contributed by atoms with Gasteiger partial charge in [-0.15, -0.1) is 0 Å². The van der Waals surface area contributed by atoms with E-state index in [-0.39, 0.29) is 60.1 Å². The highest BCUT2D eigenvalue weighted by molar-refractivity contribution is 5.93. The summed E-state index contributed by atoms with van der Waals surface area (Å²) in [7, 11) is 0. The van der Waals surface area contributed by atoms with Gasteiger partial charge >= 0.3 is 6.18 Å². The third-order valence-electron chi connectivity index (χ3n) is 8.76. The predicted molar refractivity (Wildman–Crippen MR) is 173 cm³/mol. The molecule has 2 aromatic rings. The Kier molecular flexibility index (Phi) is 11.1. The number of piperidine rings is 1. The second-order valence-electron chi connectivity index (χ2n) is 13.3. The zero-order valence-corrected chi connectivity index (χ0v) is 27.0. The fourth-order valence-electron chi connectivity index (χ4n) is 6.13. The van der Waals surface area contributed by atoms with Crippen molar-refractivity contribution < 1.29 is 27.5 Å². The van der Waals surface area contributed by atoms with Crippen LogP contribution >= 0.6 is 0 Å². The van der Waals surface area contributed by atoms with Crippen molar-refractivity contribution in [2.24, 2.45) is 0 Å². The van der Waals surface area contributed by atoms with Gasteiger partial charge in [-0.1, -0.05) is 25.8 Å². The minimum absolute atomic E-state index is 0.108. The molecule has 2 aromatic heterocycles. The molecule has 3 N–H and O–H groups in total. The maximum Gasteiger partial charge on any atom is 0.417 e. The number of carbonyl (C=O) groups is 1. The van der Waals surface area contributed by atoms with E-state index in [1.54, 1.807) is 16.9 Å². The fourth-order valence-corrected chi connectivity index (χ4v) is 6.13. The highest BCUT2D eigenvalue weighted by Crippen LogP contribution is 2.36. The smallest absolute Gasteiger partial charge is 0.393 e. The lowest BCUT2D eigenvalue weighted by Crippen LogP contribution is -2.54. The molecule has 0 spiro atoms. The number of aliphatic hydroxyl groups is 1. The number of hydrogen-bond acceptors (Lipinski definition) is 6. The summed E-state index contributed by atoms with van der Waals surface area (Å²) in [6.07, 6.45) is 2.49. The van der Waals surface area contributed by atoms with Gasteiger partial charge in [0, 0.05) is 54.4 Å². The summed E-state index contributed by atoms with van der Waals surface area (Å²) in [5.74, 6) is -0.304. The normalized spacial score (nSPS) is 22.7. The molecular weight excluding hydrogens is 600 g/mol. The number of nitrogens with zero attached hydrogens (tertiary/aromatic N) is 4. The molecule has 2 fully saturated rings. The number of alkyl halides is 4. The molecule has 12 heteroatoms. The van der Waals surface area contributed by atoms with Crippen LogP contribution in [0.5, 0.6) is 0 Å². The van der Waals surface area contributed by atoms with E-state index in [1.165, 1.54) is 12.3 Å². The largest absolute Gasteiger partial charge is 0.417 e. The van der Waals surface area contributed by atoms with Gasteiger partial charge in [0.2, 0.25) is 0 Å². The van der Waals surface area contributed by atoms with Crippen LogP contribution in [0, 0.1) is 0 Å². The third kappa shape index (κ3) is 8.64. The Labute approximate surface area is 268 Å². The van der Waals surface area contributed by atoms with Crippen LogP contribution in [0.2, 0.25) is 0 Å². The molecule has 252 valence electrons. The van der Waals surface area contributed by atoms with Gasteiger partial charge in [-0.3, -0.25) is 19.4 Å². The molecule has 1 saturated heterocycles. The van der Waals surface area contributed by atoms with E-state index < -0.39 is 24.0 Å². The van der Waals surface area contributed by atoms with E-state index in [0.717, 1.165) is 19.3 Å². The first kappa shape index (κ1) is 35.3. The SMILES string of the molecule is C=Cc1c(C(=C)NC2CCN(C3CCCC(O)C3)CC2F)cc(CCCNC(=O)c2cnn(C(C)(C)C)c2)nc1C(=C)C(F)(F)F. The number of aryl methyl sites for hydroxylation is 1. The Bertz CT molecular complexity index is 1430. The first-order chi connectivity index (χ1) is 21.6. The van der Waals surface area contributed by atoms with Crippen LogP contribution < -0.4 is 10.6 Å². The van der Waals surface area contributed by atoms with E-state index in [2.05, 4.69) is 45.4 Å². The molecule has 4 atom stereocenters. The molecule has 0 aromatic carbocycles. The Balaban J connectivity index is 1.46. The van der Waals surface area contributed by atoms with Gasteiger partial charge in [0.05, 0.1) is 40.7 Å². The molecule has 8 nitrogen and oxygen atoms in total. The number of aliphatic hydroxyl groups excluding tert-OH is 1. The summed E-state index contributed by atoms with van der Waals surface area (Å²) < 4.78 is 58.7. The molecule has 2 aliphatic rings. The van der Waals surface area contributed by atoms with Gasteiger partial charge in [0.1, 0.15) is 6.17 Å². The van der Waals surface area contributed by atoms with E-state index in [4.69, 9.17) is 0 Å². The van der Waals surface area contributed by atoms with E-state index >= 15 is 4.39 Å². The molecule has 3 heterocycles. The molecular formula is C34H46F4N6O2. The van der Waals surface area contributed by atoms with Crippen LogP contribution in [-0.4, -0.2) is 80.8 Å². The van der Waals surface area contributed by atoms with Crippen molar-refractivity contribution in [3.05, 3.63) is 66.3 Å². The summed E-state index contributed by atoms with van der Waals surface area (Å²) in [4.78, 5) is 19.0. The van der Waals surface area contributed by atoms with Crippen molar-refractivity contribution >= 4 is 23.3 Å². The first-order valence-corrected chi connectivity index (χ1v) is 15.9. The van der Waals surface area contributed by atoms with Crippen molar-refractivity contribution in [3.63, 3.8) is 0 Å². The number of halogens is 4. The van der Waals surface area contributed by atoms with E-state index in [0.29, 0.717) is 42.6 Å².